The summed E-state index contributed by atoms with van der Waals surface area (Å²) < 4.78 is 0. The van der Waals surface area contributed by atoms with Crippen molar-refractivity contribution in [3.8, 4) is 0 Å². The summed E-state index contributed by atoms with van der Waals surface area (Å²) in [5.74, 6) is 1.78. The van der Waals surface area contributed by atoms with Crippen LogP contribution in [0.5, 0.6) is 0 Å². The quantitative estimate of drug-likeness (QED) is 0.713. The maximum atomic E-state index is 3.54. The largest absolute Gasteiger partial charge is 0.315 e. The Balaban J connectivity index is 1.89. The molecule has 3 unspecified atom stereocenters. The minimum atomic E-state index is 0.824. The summed E-state index contributed by atoms with van der Waals surface area (Å²) in [4.78, 5) is 2.75. The van der Waals surface area contributed by atoms with Crippen molar-refractivity contribution in [2.24, 2.45) is 11.8 Å². The van der Waals surface area contributed by atoms with Gasteiger partial charge in [-0.1, -0.05) is 26.7 Å². The molecule has 0 spiro atoms. The molecule has 88 valence electrons. The topological polar surface area (TPSA) is 15.3 Å². The van der Waals surface area contributed by atoms with E-state index in [1.807, 2.05) is 0 Å². The lowest BCUT2D eigenvalue weighted by molar-refractivity contribution is 0.131. The highest BCUT2D eigenvalue weighted by molar-refractivity contribution is 4.82. The van der Waals surface area contributed by atoms with Crippen LogP contribution in [-0.2, 0) is 0 Å². The number of hydrogen-bond acceptors (Lipinski definition) is 2. The zero-order valence-electron chi connectivity index (χ0n) is 10.3. The van der Waals surface area contributed by atoms with Gasteiger partial charge in [-0.2, -0.15) is 0 Å². The van der Waals surface area contributed by atoms with Gasteiger partial charge in [0, 0.05) is 25.7 Å². The van der Waals surface area contributed by atoms with Gasteiger partial charge in [0.25, 0.3) is 0 Å². The van der Waals surface area contributed by atoms with Crippen LogP contribution in [0.15, 0.2) is 0 Å². The summed E-state index contributed by atoms with van der Waals surface area (Å²) in [6.45, 7) is 9.77. The first-order valence-corrected chi connectivity index (χ1v) is 6.70. The first-order valence-electron chi connectivity index (χ1n) is 6.70. The Kier molecular flexibility index (Phi) is 4.04. The lowest BCUT2D eigenvalue weighted by Crippen LogP contribution is -2.41. The first kappa shape index (κ1) is 11.4. The molecule has 3 atom stereocenters. The predicted molar refractivity (Wildman–Crippen MR) is 65.0 cm³/mol. The molecule has 0 aromatic rings. The number of hydrogen-bond donors (Lipinski definition) is 1. The van der Waals surface area contributed by atoms with E-state index in [-0.39, 0.29) is 0 Å². The molecule has 1 N–H and O–H groups in total. The summed E-state index contributed by atoms with van der Waals surface area (Å²) in [5, 5.41) is 3.54. The van der Waals surface area contributed by atoms with Gasteiger partial charge in [0.1, 0.15) is 0 Å². The van der Waals surface area contributed by atoms with Crippen LogP contribution in [0, 0.1) is 11.8 Å². The molecule has 2 heteroatoms. The van der Waals surface area contributed by atoms with E-state index in [4.69, 9.17) is 0 Å². The Morgan fingerprint density at radius 2 is 2.00 bits per heavy atom. The van der Waals surface area contributed by atoms with Gasteiger partial charge >= 0.3 is 0 Å². The fourth-order valence-electron chi connectivity index (χ4n) is 3.19. The SMILES string of the molecule is CC1CCCC(N2CCNCC(C)C2)C1. The molecule has 0 aromatic carbocycles. The van der Waals surface area contributed by atoms with Crippen molar-refractivity contribution >= 4 is 0 Å². The Morgan fingerprint density at radius 3 is 2.80 bits per heavy atom. The standard InChI is InChI=1S/C13H26N2/c1-11-4-3-5-13(8-11)15-7-6-14-9-12(2)10-15/h11-14H,3-10H2,1-2H3. The molecule has 1 heterocycles. The monoisotopic (exact) mass is 210 g/mol. The maximum Gasteiger partial charge on any atom is 0.0110 e. The van der Waals surface area contributed by atoms with Gasteiger partial charge in [-0.05, 0) is 31.2 Å². The third-order valence-electron chi connectivity index (χ3n) is 4.04. The predicted octanol–water partition coefficient (Wildman–Crippen LogP) is 2.11. The first-order chi connectivity index (χ1) is 7.25. The zero-order valence-corrected chi connectivity index (χ0v) is 10.3. The number of rotatable bonds is 1. The summed E-state index contributed by atoms with van der Waals surface area (Å²) in [5.41, 5.74) is 0. The summed E-state index contributed by atoms with van der Waals surface area (Å²) in [6.07, 6.45) is 5.78. The average molecular weight is 210 g/mol. The van der Waals surface area contributed by atoms with Crippen molar-refractivity contribution in [2.45, 2.75) is 45.6 Å². The van der Waals surface area contributed by atoms with E-state index in [0.717, 1.165) is 17.9 Å². The van der Waals surface area contributed by atoms with E-state index >= 15 is 0 Å². The molecule has 1 aliphatic carbocycles. The second-order valence-corrected chi connectivity index (χ2v) is 5.73. The Morgan fingerprint density at radius 1 is 1.13 bits per heavy atom. The Bertz CT molecular complexity index is 193. The van der Waals surface area contributed by atoms with Gasteiger partial charge < -0.3 is 5.32 Å². The van der Waals surface area contributed by atoms with E-state index in [1.165, 1.54) is 51.9 Å². The van der Waals surface area contributed by atoms with Crippen LogP contribution in [-0.4, -0.2) is 37.1 Å². The fraction of sp³-hybridized carbons (Fsp3) is 1.00. The van der Waals surface area contributed by atoms with Crippen LogP contribution < -0.4 is 5.32 Å². The smallest absolute Gasteiger partial charge is 0.0110 e. The molecular formula is C13H26N2. The minimum absolute atomic E-state index is 0.824. The highest BCUT2D eigenvalue weighted by atomic mass is 15.2. The van der Waals surface area contributed by atoms with Gasteiger partial charge in [-0.3, -0.25) is 4.90 Å². The Hall–Kier alpha value is -0.0800. The van der Waals surface area contributed by atoms with Crippen molar-refractivity contribution < 1.29 is 0 Å². The van der Waals surface area contributed by atoms with Gasteiger partial charge in [0.15, 0.2) is 0 Å². The fourth-order valence-corrected chi connectivity index (χ4v) is 3.19. The Labute approximate surface area is 94.4 Å². The van der Waals surface area contributed by atoms with Gasteiger partial charge in [-0.25, -0.2) is 0 Å². The average Bonchev–Trinajstić information content (AvgIpc) is 2.43. The summed E-state index contributed by atoms with van der Waals surface area (Å²) in [7, 11) is 0. The summed E-state index contributed by atoms with van der Waals surface area (Å²) in [6, 6.07) is 0.885. The van der Waals surface area contributed by atoms with E-state index in [0.29, 0.717) is 0 Å². The third kappa shape index (κ3) is 3.18. The molecule has 2 nitrogen and oxygen atoms in total. The molecule has 15 heavy (non-hydrogen) atoms. The van der Waals surface area contributed by atoms with E-state index in [1.54, 1.807) is 0 Å². The number of nitrogens with one attached hydrogen (secondary N) is 1. The van der Waals surface area contributed by atoms with E-state index in [9.17, 15) is 0 Å². The van der Waals surface area contributed by atoms with Crippen LogP contribution in [0.2, 0.25) is 0 Å². The van der Waals surface area contributed by atoms with Crippen molar-refractivity contribution in [2.75, 3.05) is 26.2 Å². The lowest BCUT2D eigenvalue weighted by Gasteiger charge is -2.36. The van der Waals surface area contributed by atoms with Crippen molar-refractivity contribution in [3.05, 3.63) is 0 Å². The molecule has 2 fully saturated rings. The molecule has 0 amide bonds. The highest BCUT2D eigenvalue weighted by Gasteiger charge is 2.26. The van der Waals surface area contributed by atoms with Crippen molar-refractivity contribution in [3.63, 3.8) is 0 Å². The van der Waals surface area contributed by atoms with Crippen LogP contribution in [0.1, 0.15) is 39.5 Å². The van der Waals surface area contributed by atoms with Crippen LogP contribution in [0.4, 0.5) is 0 Å². The van der Waals surface area contributed by atoms with Crippen LogP contribution in [0.3, 0.4) is 0 Å². The molecule has 2 aliphatic rings. The second kappa shape index (κ2) is 5.31. The van der Waals surface area contributed by atoms with Gasteiger partial charge in [-0.15, -0.1) is 0 Å². The van der Waals surface area contributed by atoms with Gasteiger partial charge in [0.05, 0.1) is 0 Å². The molecule has 1 aliphatic heterocycles. The molecule has 0 bridgehead atoms. The molecule has 0 aromatic heterocycles. The third-order valence-corrected chi connectivity index (χ3v) is 4.04. The molecular weight excluding hydrogens is 184 g/mol. The highest BCUT2D eigenvalue weighted by Crippen LogP contribution is 2.27. The maximum absolute atomic E-state index is 3.54. The van der Waals surface area contributed by atoms with E-state index < -0.39 is 0 Å². The van der Waals surface area contributed by atoms with Gasteiger partial charge in [0.2, 0.25) is 0 Å². The van der Waals surface area contributed by atoms with Crippen LogP contribution in [0.25, 0.3) is 0 Å². The van der Waals surface area contributed by atoms with E-state index in [2.05, 4.69) is 24.1 Å². The summed E-state index contributed by atoms with van der Waals surface area (Å²) >= 11 is 0. The molecule has 1 saturated heterocycles. The minimum Gasteiger partial charge on any atom is -0.315 e. The molecule has 2 rings (SSSR count). The molecule has 1 saturated carbocycles. The molecule has 0 radical (unpaired) electrons. The van der Waals surface area contributed by atoms with Crippen LogP contribution >= 0.6 is 0 Å². The van der Waals surface area contributed by atoms with Crippen molar-refractivity contribution in [1.82, 2.24) is 10.2 Å². The second-order valence-electron chi connectivity index (χ2n) is 5.73. The lowest BCUT2D eigenvalue weighted by atomic mass is 9.86. The zero-order chi connectivity index (χ0) is 10.7. The van der Waals surface area contributed by atoms with Crippen molar-refractivity contribution in [1.29, 1.82) is 0 Å². The number of nitrogens with zero attached hydrogens (tertiary/aromatic N) is 1. The normalized spacial score (nSPS) is 40.0.